The number of hydrogen-bond donors (Lipinski definition) is 1. The van der Waals surface area contributed by atoms with Gasteiger partial charge in [0.05, 0.1) is 0 Å². The molecule has 58 valence electrons. The molecule has 0 aliphatic heterocycles. The van der Waals surface area contributed by atoms with Crippen LogP contribution in [-0.4, -0.2) is 11.5 Å². The lowest BCUT2D eigenvalue weighted by Gasteiger charge is -2.00. The van der Waals surface area contributed by atoms with Crippen molar-refractivity contribution < 1.29 is 0 Å². The van der Waals surface area contributed by atoms with Gasteiger partial charge in [-0.15, -0.1) is 0 Å². The summed E-state index contributed by atoms with van der Waals surface area (Å²) >= 11 is 0. The van der Waals surface area contributed by atoms with E-state index in [1.54, 1.807) is 12.3 Å². The minimum atomic E-state index is 0.903. The topological polar surface area (TPSA) is 24.9 Å². The quantitative estimate of drug-likeness (QED) is 0.710. The largest absolute Gasteiger partial charge is 0.370 e. The van der Waals surface area contributed by atoms with Crippen molar-refractivity contribution in [1.82, 2.24) is 4.98 Å². The second kappa shape index (κ2) is 3.76. The van der Waals surface area contributed by atoms with Crippen LogP contribution >= 0.6 is 0 Å². The van der Waals surface area contributed by atoms with Gasteiger partial charge >= 0.3 is 0 Å². The number of hydrogen-bond acceptors (Lipinski definition) is 2. The molecule has 0 saturated carbocycles. The van der Waals surface area contributed by atoms with Crippen molar-refractivity contribution in [2.75, 3.05) is 11.9 Å². The molecular weight excluding hydrogens is 136 g/mol. The van der Waals surface area contributed by atoms with Crippen molar-refractivity contribution >= 4 is 11.9 Å². The van der Waals surface area contributed by atoms with Gasteiger partial charge in [-0.3, -0.25) is 0 Å². The van der Waals surface area contributed by atoms with Gasteiger partial charge in [0.2, 0.25) is 0 Å². The van der Waals surface area contributed by atoms with Crippen molar-refractivity contribution in [3.05, 3.63) is 30.5 Å². The highest BCUT2D eigenvalue weighted by Crippen LogP contribution is 2.04. The summed E-state index contributed by atoms with van der Waals surface area (Å²) in [5.41, 5.74) is 1.05. The summed E-state index contributed by atoms with van der Waals surface area (Å²) in [6.45, 7) is 6.59. The van der Waals surface area contributed by atoms with Crippen molar-refractivity contribution in [3.63, 3.8) is 0 Å². The smallest absolute Gasteiger partial charge is 0.125 e. The monoisotopic (exact) mass is 148 g/mol. The van der Waals surface area contributed by atoms with Gasteiger partial charge in [0.15, 0.2) is 0 Å². The third-order valence-corrected chi connectivity index (χ3v) is 1.38. The van der Waals surface area contributed by atoms with E-state index in [1.165, 1.54) is 0 Å². The molecule has 0 aliphatic carbocycles. The van der Waals surface area contributed by atoms with Gasteiger partial charge in [0.1, 0.15) is 5.82 Å². The Bertz CT molecular complexity index is 226. The van der Waals surface area contributed by atoms with Crippen LogP contribution in [0.3, 0.4) is 0 Å². The SMILES string of the molecule is C=Cc1ccc(NCC)nc1. The molecule has 11 heavy (non-hydrogen) atoms. The van der Waals surface area contributed by atoms with Crippen LogP contribution in [0.4, 0.5) is 5.82 Å². The summed E-state index contributed by atoms with van der Waals surface area (Å²) in [5.74, 6) is 0.915. The van der Waals surface area contributed by atoms with Gasteiger partial charge in [-0.1, -0.05) is 12.7 Å². The number of aromatic nitrogens is 1. The molecule has 0 aromatic carbocycles. The fourth-order valence-corrected chi connectivity index (χ4v) is 0.812. The number of nitrogens with zero attached hydrogens (tertiary/aromatic N) is 1. The van der Waals surface area contributed by atoms with E-state index in [4.69, 9.17) is 0 Å². The third kappa shape index (κ3) is 2.08. The highest BCUT2D eigenvalue weighted by molar-refractivity contribution is 5.48. The number of pyridine rings is 1. The first-order valence-corrected chi connectivity index (χ1v) is 3.69. The molecule has 0 atom stereocenters. The molecule has 0 unspecified atom stereocenters. The molecule has 2 heteroatoms. The van der Waals surface area contributed by atoms with Crippen LogP contribution in [-0.2, 0) is 0 Å². The minimum absolute atomic E-state index is 0.903. The molecular formula is C9H12N2. The van der Waals surface area contributed by atoms with Crippen LogP contribution in [0.25, 0.3) is 6.08 Å². The highest BCUT2D eigenvalue weighted by Gasteiger charge is 1.89. The molecule has 0 amide bonds. The molecule has 0 fully saturated rings. The molecule has 0 aliphatic rings. The van der Waals surface area contributed by atoms with Crippen molar-refractivity contribution in [3.8, 4) is 0 Å². The number of nitrogens with one attached hydrogen (secondary N) is 1. The molecule has 1 heterocycles. The van der Waals surface area contributed by atoms with Crippen LogP contribution < -0.4 is 5.32 Å². The van der Waals surface area contributed by atoms with Gasteiger partial charge < -0.3 is 5.32 Å². The van der Waals surface area contributed by atoms with E-state index in [1.807, 2.05) is 19.1 Å². The van der Waals surface area contributed by atoms with E-state index in [0.717, 1.165) is 17.9 Å². The summed E-state index contributed by atoms with van der Waals surface area (Å²) in [5, 5.41) is 3.11. The van der Waals surface area contributed by atoms with Crippen LogP contribution in [0.5, 0.6) is 0 Å². The maximum atomic E-state index is 4.16. The average Bonchev–Trinajstić information content (AvgIpc) is 2.07. The Morgan fingerprint density at radius 3 is 2.91 bits per heavy atom. The Kier molecular flexibility index (Phi) is 2.66. The Labute approximate surface area is 67.0 Å². The van der Waals surface area contributed by atoms with E-state index in [-0.39, 0.29) is 0 Å². The lowest BCUT2D eigenvalue weighted by molar-refractivity contribution is 1.16. The Balaban J connectivity index is 2.74. The molecule has 1 rings (SSSR count). The van der Waals surface area contributed by atoms with E-state index >= 15 is 0 Å². The average molecular weight is 148 g/mol. The fourth-order valence-electron chi connectivity index (χ4n) is 0.812. The molecule has 1 N–H and O–H groups in total. The van der Waals surface area contributed by atoms with Crippen molar-refractivity contribution in [2.24, 2.45) is 0 Å². The van der Waals surface area contributed by atoms with Crippen molar-refractivity contribution in [2.45, 2.75) is 6.92 Å². The lowest BCUT2D eigenvalue weighted by Crippen LogP contribution is -1.98. The van der Waals surface area contributed by atoms with Gasteiger partial charge in [-0.2, -0.15) is 0 Å². The summed E-state index contributed by atoms with van der Waals surface area (Å²) in [4.78, 5) is 4.16. The van der Waals surface area contributed by atoms with E-state index in [9.17, 15) is 0 Å². The van der Waals surface area contributed by atoms with E-state index in [2.05, 4.69) is 16.9 Å². The molecule has 0 bridgehead atoms. The Morgan fingerprint density at radius 1 is 1.64 bits per heavy atom. The predicted molar refractivity (Wildman–Crippen MR) is 48.5 cm³/mol. The maximum Gasteiger partial charge on any atom is 0.125 e. The third-order valence-electron chi connectivity index (χ3n) is 1.38. The Morgan fingerprint density at radius 2 is 2.45 bits per heavy atom. The highest BCUT2D eigenvalue weighted by atomic mass is 15.0. The van der Waals surface area contributed by atoms with Gasteiger partial charge in [-0.25, -0.2) is 4.98 Å². The maximum absolute atomic E-state index is 4.16. The molecule has 0 saturated heterocycles. The number of anilines is 1. The summed E-state index contributed by atoms with van der Waals surface area (Å²) < 4.78 is 0. The van der Waals surface area contributed by atoms with Gasteiger partial charge in [0.25, 0.3) is 0 Å². The summed E-state index contributed by atoms with van der Waals surface area (Å²) in [6, 6.07) is 3.93. The first kappa shape index (κ1) is 7.79. The molecule has 2 nitrogen and oxygen atoms in total. The zero-order chi connectivity index (χ0) is 8.10. The Hall–Kier alpha value is -1.31. The first-order valence-electron chi connectivity index (χ1n) is 3.69. The van der Waals surface area contributed by atoms with Crippen LogP contribution in [0.15, 0.2) is 24.9 Å². The molecule has 1 aromatic rings. The minimum Gasteiger partial charge on any atom is -0.370 e. The van der Waals surface area contributed by atoms with Crippen molar-refractivity contribution in [1.29, 1.82) is 0 Å². The second-order valence-corrected chi connectivity index (χ2v) is 2.21. The first-order chi connectivity index (χ1) is 5.36. The normalized spacial score (nSPS) is 9.18. The molecule has 0 spiro atoms. The molecule has 0 radical (unpaired) electrons. The second-order valence-electron chi connectivity index (χ2n) is 2.21. The molecule has 1 aromatic heterocycles. The summed E-state index contributed by atoms with van der Waals surface area (Å²) in [7, 11) is 0. The summed E-state index contributed by atoms with van der Waals surface area (Å²) in [6.07, 6.45) is 3.58. The van der Waals surface area contributed by atoms with E-state index in [0.29, 0.717) is 0 Å². The van der Waals surface area contributed by atoms with Gasteiger partial charge in [0, 0.05) is 12.7 Å². The van der Waals surface area contributed by atoms with Gasteiger partial charge in [-0.05, 0) is 24.6 Å². The predicted octanol–water partition coefficient (Wildman–Crippen LogP) is 2.16. The van der Waals surface area contributed by atoms with Crippen LogP contribution in [0.2, 0.25) is 0 Å². The lowest BCUT2D eigenvalue weighted by atomic mass is 10.3. The zero-order valence-corrected chi connectivity index (χ0v) is 6.67. The zero-order valence-electron chi connectivity index (χ0n) is 6.67. The standard InChI is InChI=1S/C9H12N2/c1-3-8-5-6-9(10-4-2)11-7-8/h3,5-7H,1,4H2,2H3,(H,10,11). The fraction of sp³-hybridized carbons (Fsp3) is 0.222. The van der Waals surface area contributed by atoms with Crippen LogP contribution in [0, 0.1) is 0 Å². The van der Waals surface area contributed by atoms with E-state index < -0.39 is 0 Å². The number of rotatable bonds is 3. The van der Waals surface area contributed by atoms with Crippen LogP contribution in [0.1, 0.15) is 12.5 Å².